The van der Waals surface area contributed by atoms with Gasteiger partial charge in [-0.2, -0.15) is 0 Å². The van der Waals surface area contributed by atoms with Crippen LogP contribution in [0, 0.1) is 0 Å². The highest BCUT2D eigenvalue weighted by molar-refractivity contribution is 5.95. The van der Waals surface area contributed by atoms with Crippen molar-refractivity contribution in [1.29, 1.82) is 0 Å². The van der Waals surface area contributed by atoms with Crippen molar-refractivity contribution in [2.45, 2.75) is 19.4 Å². The van der Waals surface area contributed by atoms with E-state index in [0.29, 0.717) is 6.54 Å². The van der Waals surface area contributed by atoms with Gasteiger partial charge in [0.15, 0.2) is 0 Å². The summed E-state index contributed by atoms with van der Waals surface area (Å²) in [6, 6.07) is 17.0. The maximum absolute atomic E-state index is 12.2. The van der Waals surface area contributed by atoms with Crippen LogP contribution < -0.4 is 10.6 Å². The van der Waals surface area contributed by atoms with Crippen LogP contribution in [0.3, 0.4) is 0 Å². The lowest BCUT2D eigenvalue weighted by Crippen LogP contribution is -2.44. The van der Waals surface area contributed by atoms with Gasteiger partial charge >= 0.3 is 0 Å². The third-order valence-corrected chi connectivity index (χ3v) is 4.35. The van der Waals surface area contributed by atoms with Gasteiger partial charge < -0.3 is 15.6 Å². The fraction of sp³-hybridized carbons (Fsp3) is 0.182. The van der Waals surface area contributed by atoms with Crippen LogP contribution >= 0.6 is 0 Å². The normalized spacial score (nSPS) is 12.2. The maximum atomic E-state index is 12.2. The van der Waals surface area contributed by atoms with Crippen LogP contribution in [0.5, 0.6) is 0 Å². The Hall–Kier alpha value is -3.34. The molecule has 1 atom stereocenters. The molecule has 138 valence electrons. The van der Waals surface area contributed by atoms with Crippen molar-refractivity contribution in [3.63, 3.8) is 0 Å². The molecule has 1 aromatic heterocycles. The lowest BCUT2D eigenvalue weighted by molar-refractivity contribution is -0.126. The molecule has 2 aromatic carbocycles. The van der Waals surface area contributed by atoms with E-state index in [0.717, 1.165) is 23.1 Å². The van der Waals surface area contributed by atoms with Gasteiger partial charge in [0.2, 0.25) is 11.8 Å². The molecule has 0 aliphatic rings. The van der Waals surface area contributed by atoms with Crippen molar-refractivity contribution in [3.05, 3.63) is 78.0 Å². The molecule has 3 N–H and O–H groups in total. The molecule has 27 heavy (non-hydrogen) atoms. The highest BCUT2D eigenvalue weighted by Crippen LogP contribution is 2.17. The van der Waals surface area contributed by atoms with Crippen LogP contribution in [0.15, 0.2) is 66.9 Å². The van der Waals surface area contributed by atoms with Gasteiger partial charge in [-0.1, -0.05) is 48.5 Å². The van der Waals surface area contributed by atoms with Crippen molar-refractivity contribution in [1.82, 2.24) is 15.6 Å². The van der Waals surface area contributed by atoms with Crippen LogP contribution in [-0.4, -0.2) is 29.4 Å². The van der Waals surface area contributed by atoms with E-state index in [9.17, 15) is 9.59 Å². The van der Waals surface area contributed by atoms with E-state index in [4.69, 9.17) is 0 Å². The van der Waals surface area contributed by atoms with Crippen molar-refractivity contribution in [2.24, 2.45) is 0 Å². The van der Waals surface area contributed by atoms with E-state index in [-0.39, 0.29) is 11.8 Å². The van der Waals surface area contributed by atoms with Crippen molar-refractivity contribution < 1.29 is 9.59 Å². The Labute approximate surface area is 158 Å². The van der Waals surface area contributed by atoms with Gasteiger partial charge in [-0.3, -0.25) is 9.59 Å². The third kappa shape index (κ3) is 5.07. The number of rotatable bonds is 7. The molecule has 0 spiro atoms. The second-order valence-corrected chi connectivity index (χ2v) is 6.37. The number of carbonyl (C=O) groups is 2. The van der Waals surface area contributed by atoms with Crippen molar-refractivity contribution >= 4 is 28.8 Å². The zero-order valence-electron chi connectivity index (χ0n) is 15.2. The fourth-order valence-corrected chi connectivity index (χ4v) is 2.88. The molecular formula is C22H23N3O2. The molecule has 0 fully saturated rings. The highest BCUT2D eigenvalue weighted by atomic mass is 16.2. The Kier molecular flexibility index (Phi) is 6.05. The van der Waals surface area contributed by atoms with Crippen LogP contribution in [0.25, 0.3) is 17.0 Å². The minimum atomic E-state index is -0.596. The summed E-state index contributed by atoms with van der Waals surface area (Å²) in [5, 5.41) is 6.72. The van der Waals surface area contributed by atoms with Gasteiger partial charge in [-0.15, -0.1) is 0 Å². The van der Waals surface area contributed by atoms with E-state index < -0.39 is 6.04 Å². The molecule has 0 aliphatic heterocycles. The van der Waals surface area contributed by atoms with Crippen LogP contribution in [0.2, 0.25) is 0 Å². The number of hydrogen-bond acceptors (Lipinski definition) is 2. The minimum absolute atomic E-state index is 0.198. The Morgan fingerprint density at radius 2 is 1.81 bits per heavy atom. The first-order valence-corrected chi connectivity index (χ1v) is 9.00. The number of hydrogen-bond donors (Lipinski definition) is 3. The number of fused-ring (bicyclic) bond motifs is 1. The van der Waals surface area contributed by atoms with Gasteiger partial charge in [-0.05, 0) is 36.6 Å². The Morgan fingerprint density at radius 3 is 2.63 bits per heavy atom. The second-order valence-electron chi connectivity index (χ2n) is 6.37. The van der Waals surface area contributed by atoms with E-state index in [1.54, 1.807) is 13.0 Å². The number of H-pyrrole nitrogens is 1. The molecular weight excluding hydrogens is 338 g/mol. The first-order chi connectivity index (χ1) is 13.1. The van der Waals surface area contributed by atoms with Gasteiger partial charge in [0, 0.05) is 29.7 Å². The van der Waals surface area contributed by atoms with E-state index >= 15 is 0 Å². The maximum Gasteiger partial charge on any atom is 0.244 e. The largest absolute Gasteiger partial charge is 0.361 e. The Morgan fingerprint density at radius 1 is 1.07 bits per heavy atom. The number of aromatic amines is 1. The van der Waals surface area contributed by atoms with Gasteiger partial charge in [0.1, 0.15) is 6.04 Å². The lowest BCUT2D eigenvalue weighted by Gasteiger charge is -2.12. The quantitative estimate of drug-likeness (QED) is 0.566. The van der Waals surface area contributed by atoms with Gasteiger partial charge in [-0.25, -0.2) is 0 Å². The SMILES string of the molecule is C[C@H](NC(=O)/C=C/c1ccccc1)C(=O)NCCc1c[nH]c2ccccc12. The number of nitrogens with one attached hydrogen (secondary N) is 3. The van der Waals surface area contributed by atoms with Crippen LogP contribution in [0.4, 0.5) is 0 Å². The average molecular weight is 361 g/mol. The molecule has 0 saturated carbocycles. The Bertz CT molecular complexity index is 944. The number of aromatic nitrogens is 1. The summed E-state index contributed by atoms with van der Waals surface area (Å²) in [6.07, 6.45) is 5.85. The lowest BCUT2D eigenvalue weighted by atomic mass is 10.1. The second kappa shape index (κ2) is 8.85. The number of amides is 2. The van der Waals surface area contributed by atoms with Gasteiger partial charge in [0.05, 0.1) is 0 Å². The summed E-state index contributed by atoms with van der Waals surface area (Å²) in [6.45, 7) is 2.19. The van der Waals surface area contributed by atoms with E-state index in [2.05, 4.69) is 21.7 Å². The summed E-state index contributed by atoms with van der Waals surface area (Å²) in [5.74, 6) is -0.491. The predicted molar refractivity (Wildman–Crippen MR) is 108 cm³/mol. The third-order valence-electron chi connectivity index (χ3n) is 4.35. The Balaban J connectivity index is 1.45. The predicted octanol–water partition coefficient (Wildman–Crippen LogP) is 3.04. The molecule has 1 heterocycles. The smallest absolute Gasteiger partial charge is 0.244 e. The molecule has 0 bridgehead atoms. The zero-order chi connectivity index (χ0) is 19.1. The van der Waals surface area contributed by atoms with Gasteiger partial charge in [0.25, 0.3) is 0 Å². The molecule has 0 radical (unpaired) electrons. The first-order valence-electron chi connectivity index (χ1n) is 9.00. The first kappa shape index (κ1) is 18.5. The van der Waals surface area contributed by atoms with Crippen LogP contribution in [0.1, 0.15) is 18.1 Å². The number of benzene rings is 2. The fourth-order valence-electron chi connectivity index (χ4n) is 2.88. The summed E-state index contributed by atoms with van der Waals surface area (Å²) in [7, 11) is 0. The van der Waals surface area contributed by atoms with Crippen molar-refractivity contribution in [2.75, 3.05) is 6.54 Å². The van der Waals surface area contributed by atoms with Crippen LogP contribution in [-0.2, 0) is 16.0 Å². The molecule has 3 aromatic rings. The molecule has 3 rings (SSSR count). The molecule has 5 nitrogen and oxygen atoms in total. The van der Waals surface area contributed by atoms with Crippen molar-refractivity contribution in [3.8, 4) is 0 Å². The minimum Gasteiger partial charge on any atom is -0.361 e. The molecule has 0 saturated heterocycles. The molecule has 0 aliphatic carbocycles. The molecule has 0 unspecified atom stereocenters. The average Bonchev–Trinajstić information content (AvgIpc) is 3.10. The molecule has 2 amide bonds. The summed E-state index contributed by atoms with van der Waals surface area (Å²) in [4.78, 5) is 27.4. The number of carbonyl (C=O) groups excluding carboxylic acids is 2. The number of para-hydroxylation sites is 1. The molecule has 5 heteroatoms. The zero-order valence-corrected chi connectivity index (χ0v) is 15.2. The highest BCUT2D eigenvalue weighted by Gasteiger charge is 2.14. The van der Waals surface area contributed by atoms with E-state index in [1.165, 1.54) is 11.5 Å². The topological polar surface area (TPSA) is 74.0 Å². The summed E-state index contributed by atoms with van der Waals surface area (Å²) >= 11 is 0. The standard InChI is InChI=1S/C22H23N3O2/c1-16(25-21(26)12-11-17-7-3-2-4-8-17)22(27)23-14-13-18-15-24-20-10-6-5-9-19(18)20/h2-12,15-16,24H,13-14H2,1H3,(H,23,27)(H,25,26)/b12-11+/t16-/m0/s1. The summed E-state index contributed by atoms with van der Waals surface area (Å²) < 4.78 is 0. The monoisotopic (exact) mass is 361 g/mol. The summed E-state index contributed by atoms with van der Waals surface area (Å²) in [5.41, 5.74) is 3.18. The van der Waals surface area contributed by atoms with E-state index in [1.807, 2.05) is 54.7 Å².